The Kier molecular flexibility index (Phi) is 4.84. The summed E-state index contributed by atoms with van der Waals surface area (Å²) in [5, 5.41) is 5.64. The molecule has 3 aromatic carbocycles. The van der Waals surface area contributed by atoms with E-state index in [1.165, 1.54) is 11.3 Å². The maximum Gasteiger partial charge on any atom is 0.266 e. The zero-order valence-corrected chi connectivity index (χ0v) is 17.6. The first-order valence-corrected chi connectivity index (χ1v) is 10.7. The van der Waals surface area contributed by atoms with Gasteiger partial charge in [-0.2, -0.15) is 0 Å². The fourth-order valence-electron chi connectivity index (χ4n) is 3.81. The van der Waals surface area contributed by atoms with Crippen LogP contribution < -0.4 is 10.9 Å². The molecule has 0 aliphatic rings. The molecule has 5 rings (SSSR count). The molecule has 152 valence electrons. The van der Waals surface area contributed by atoms with Crippen LogP contribution in [0.25, 0.3) is 21.0 Å². The fourth-order valence-corrected chi connectivity index (χ4v) is 4.85. The Morgan fingerprint density at radius 2 is 1.74 bits per heavy atom. The average molecular weight is 426 g/mol. The van der Waals surface area contributed by atoms with Crippen LogP contribution in [0.5, 0.6) is 0 Å². The maximum atomic E-state index is 13.3. The SMILES string of the molecule is Cc1c(C(=O)Nc2ccccc2)sc2ncn(Cc3cccc4ccccc34)c(=O)c12. The maximum absolute atomic E-state index is 13.3. The van der Waals surface area contributed by atoms with Gasteiger partial charge >= 0.3 is 0 Å². The predicted molar refractivity (Wildman–Crippen MR) is 126 cm³/mol. The molecular weight excluding hydrogens is 406 g/mol. The lowest BCUT2D eigenvalue weighted by atomic mass is 10.0. The van der Waals surface area contributed by atoms with E-state index in [0.29, 0.717) is 32.9 Å². The summed E-state index contributed by atoms with van der Waals surface area (Å²) in [7, 11) is 0. The molecule has 6 heteroatoms. The van der Waals surface area contributed by atoms with Crippen molar-refractivity contribution in [3.8, 4) is 0 Å². The van der Waals surface area contributed by atoms with Gasteiger partial charge in [-0.1, -0.05) is 60.7 Å². The molecule has 0 saturated carbocycles. The van der Waals surface area contributed by atoms with E-state index in [9.17, 15) is 9.59 Å². The Labute approximate surface area is 182 Å². The van der Waals surface area contributed by atoms with Gasteiger partial charge in [0.05, 0.1) is 23.1 Å². The third-order valence-electron chi connectivity index (χ3n) is 5.38. The number of benzene rings is 3. The summed E-state index contributed by atoms with van der Waals surface area (Å²) in [6.45, 7) is 2.23. The zero-order chi connectivity index (χ0) is 21.4. The van der Waals surface area contributed by atoms with Gasteiger partial charge in [0.2, 0.25) is 0 Å². The Hall–Kier alpha value is -3.77. The number of para-hydroxylation sites is 1. The molecule has 0 spiro atoms. The van der Waals surface area contributed by atoms with E-state index < -0.39 is 0 Å². The van der Waals surface area contributed by atoms with Crippen LogP contribution in [0.2, 0.25) is 0 Å². The highest BCUT2D eigenvalue weighted by molar-refractivity contribution is 7.20. The molecule has 0 fully saturated rings. The Balaban J connectivity index is 1.53. The van der Waals surface area contributed by atoms with E-state index in [1.807, 2.05) is 61.5 Å². The number of carbonyl (C=O) groups is 1. The molecule has 0 aliphatic heterocycles. The van der Waals surface area contributed by atoms with Crippen molar-refractivity contribution in [1.82, 2.24) is 9.55 Å². The van der Waals surface area contributed by atoms with Gasteiger partial charge in [-0.25, -0.2) is 4.98 Å². The first kappa shape index (κ1) is 19.2. The van der Waals surface area contributed by atoms with Crippen molar-refractivity contribution in [1.29, 1.82) is 0 Å². The molecule has 2 aromatic heterocycles. The van der Waals surface area contributed by atoms with Crippen molar-refractivity contribution in [3.05, 3.63) is 105 Å². The number of fused-ring (bicyclic) bond motifs is 2. The van der Waals surface area contributed by atoms with E-state index >= 15 is 0 Å². The minimum absolute atomic E-state index is 0.134. The van der Waals surface area contributed by atoms with E-state index in [4.69, 9.17) is 0 Å². The van der Waals surface area contributed by atoms with Crippen molar-refractivity contribution >= 4 is 43.9 Å². The van der Waals surface area contributed by atoms with Crippen LogP contribution in [0.15, 0.2) is 83.9 Å². The minimum Gasteiger partial charge on any atom is -0.321 e. The summed E-state index contributed by atoms with van der Waals surface area (Å²) in [6, 6.07) is 23.5. The van der Waals surface area contributed by atoms with Gasteiger partial charge in [0.1, 0.15) is 4.83 Å². The van der Waals surface area contributed by atoms with Gasteiger partial charge in [-0.3, -0.25) is 14.2 Å². The van der Waals surface area contributed by atoms with Gasteiger partial charge in [-0.05, 0) is 41.0 Å². The van der Waals surface area contributed by atoms with Crippen molar-refractivity contribution in [3.63, 3.8) is 0 Å². The lowest BCUT2D eigenvalue weighted by Gasteiger charge is -2.09. The van der Waals surface area contributed by atoms with Crippen molar-refractivity contribution in [2.45, 2.75) is 13.5 Å². The smallest absolute Gasteiger partial charge is 0.266 e. The summed E-state index contributed by atoms with van der Waals surface area (Å²) < 4.78 is 1.61. The molecule has 1 amide bonds. The molecule has 5 aromatic rings. The molecule has 2 heterocycles. The van der Waals surface area contributed by atoms with Crippen LogP contribution in [0.3, 0.4) is 0 Å². The summed E-state index contributed by atoms with van der Waals surface area (Å²) in [5.74, 6) is -0.230. The second-order valence-corrected chi connectivity index (χ2v) is 8.37. The van der Waals surface area contributed by atoms with Crippen LogP contribution >= 0.6 is 11.3 Å². The molecule has 31 heavy (non-hydrogen) atoms. The average Bonchev–Trinajstić information content (AvgIpc) is 3.14. The number of hydrogen-bond acceptors (Lipinski definition) is 4. The standard InChI is InChI=1S/C25H19N3O2S/c1-16-21-24(31-22(16)23(29)27-19-11-3-2-4-12-19)26-15-28(25(21)30)14-18-10-7-9-17-8-5-6-13-20(17)18/h2-13,15H,14H2,1H3,(H,27,29). The largest absolute Gasteiger partial charge is 0.321 e. The van der Waals surface area contributed by atoms with Gasteiger partial charge in [0.15, 0.2) is 0 Å². The molecule has 0 unspecified atom stereocenters. The third-order valence-corrected chi connectivity index (χ3v) is 6.57. The molecule has 1 N–H and O–H groups in total. The number of rotatable bonds is 4. The summed E-state index contributed by atoms with van der Waals surface area (Å²) >= 11 is 1.25. The molecule has 0 radical (unpaired) electrons. The van der Waals surface area contributed by atoms with E-state index in [2.05, 4.69) is 28.5 Å². The molecular formula is C25H19N3O2S. The van der Waals surface area contributed by atoms with Gasteiger partial charge < -0.3 is 5.32 Å². The number of amides is 1. The molecule has 0 atom stereocenters. The second kappa shape index (κ2) is 7.81. The summed E-state index contributed by atoms with van der Waals surface area (Å²) in [5.41, 5.74) is 2.30. The Morgan fingerprint density at radius 1 is 1.00 bits per heavy atom. The Morgan fingerprint density at radius 3 is 2.58 bits per heavy atom. The van der Waals surface area contributed by atoms with Crippen LogP contribution in [0, 0.1) is 6.92 Å². The number of nitrogens with zero attached hydrogens (tertiary/aromatic N) is 2. The highest BCUT2D eigenvalue weighted by Gasteiger charge is 2.20. The highest BCUT2D eigenvalue weighted by atomic mass is 32.1. The van der Waals surface area contributed by atoms with Crippen LogP contribution in [0.1, 0.15) is 20.8 Å². The van der Waals surface area contributed by atoms with E-state index in [0.717, 1.165) is 16.3 Å². The van der Waals surface area contributed by atoms with Crippen molar-refractivity contribution < 1.29 is 4.79 Å². The number of nitrogens with one attached hydrogen (secondary N) is 1. The molecule has 0 saturated heterocycles. The van der Waals surface area contributed by atoms with Crippen LogP contribution in [-0.4, -0.2) is 15.5 Å². The topological polar surface area (TPSA) is 64.0 Å². The number of aryl methyl sites for hydroxylation is 1. The normalized spacial score (nSPS) is 11.1. The van der Waals surface area contributed by atoms with Crippen molar-refractivity contribution in [2.75, 3.05) is 5.32 Å². The number of carbonyl (C=O) groups excluding carboxylic acids is 1. The van der Waals surface area contributed by atoms with Gasteiger partial charge in [-0.15, -0.1) is 11.3 Å². The second-order valence-electron chi connectivity index (χ2n) is 7.37. The fraction of sp³-hybridized carbons (Fsp3) is 0.0800. The lowest BCUT2D eigenvalue weighted by molar-refractivity contribution is 0.103. The quantitative estimate of drug-likeness (QED) is 0.429. The van der Waals surface area contributed by atoms with Crippen molar-refractivity contribution in [2.24, 2.45) is 0 Å². The van der Waals surface area contributed by atoms with E-state index in [1.54, 1.807) is 10.9 Å². The summed E-state index contributed by atoms with van der Waals surface area (Å²) in [4.78, 5) is 31.7. The van der Waals surface area contributed by atoms with Crippen LogP contribution in [0.4, 0.5) is 5.69 Å². The molecule has 5 nitrogen and oxygen atoms in total. The lowest BCUT2D eigenvalue weighted by Crippen LogP contribution is -2.21. The molecule has 0 aliphatic carbocycles. The predicted octanol–water partition coefficient (Wildman–Crippen LogP) is 5.22. The zero-order valence-electron chi connectivity index (χ0n) is 16.8. The third kappa shape index (κ3) is 3.51. The first-order chi connectivity index (χ1) is 15.1. The highest BCUT2D eigenvalue weighted by Crippen LogP contribution is 2.28. The van der Waals surface area contributed by atoms with Gasteiger partial charge in [0.25, 0.3) is 11.5 Å². The number of hydrogen-bond donors (Lipinski definition) is 1. The monoisotopic (exact) mass is 425 g/mol. The Bertz CT molecular complexity index is 1480. The van der Waals surface area contributed by atoms with Crippen LogP contribution in [-0.2, 0) is 6.54 Å². The van der Waals surface area contributed by atoms with E-state index in [-0.39, 0.29) is 11.5 Å². The summed E-state index contributed by atoms with van der Waals surface area (Å²) in [6.07, 6.45) is 1.57. The number of anilines is 1. The number of aromatic nitrogens is 2. The van der Waals surface area contributed by atoms with Gasteiger partial charge in [0, 0.05) is 5.69 Å². The molecule has 0 bridgehead atoms. The minimum atomic E-state index is -0.230. The number of thiophene rings is 1. The first-order valence-electron chi connectivity index (χ1n) is 9.93.